The summed E-state index contributed by atoms with van der Waals surface area (Å²) in [5.74, 6) is 0. The molecule has 0 spiro atoms. The van der Waals surface area contributed by atoms with E-state index in [0.717, 1.165) is 11.3 Å². The minimum Gasteiger partial charge on any atom is -0.265 e. The quantitative estimate of drug-likeness (QED) is 0.690. The number of aromatic nitrogens is 3. The molecule has 2 aromatic rings. The van der Waals surface area contributed by atoms with Gasteiger partial charge in [-0.25, -0.2) is 4.68 Å². The summed E-state index contributed by atoms with van der Waals surface area (Å²) in [5.41, 5.74) is 2.20. The molecule has 0 saturated heterocycles. The molecule has 2 heterocycles. The van der Waals surface area contributed by atoms with Gasteiger partial charge in [0.15, 0.2) is 0 Å². The van der Waals surface area contributed by atoms with Gasteiger partial charge in [0.25, 0.3) is 0 Å². The van der Waals surface area contributed by atoms with E-state index in [1.165, 1.54) is 0 Å². The van der Waals surface area contributed by atoms with Crippen LogP contribution >= 0.6 is 0 Å². The van der Waals surface area contributed by atoms with E-state index in [9.17, 15) is 0 Å². The Bertz CT molecular complexity index is 365. The fourth-order valence-corrected chi connectivity index (χ4v) is 1.05. The van der Waals surface area contributed by atoms with Crippen molar-refractivity contribution >= 4 is 0 Å². The maximum absolute atomic E-state index is 4.17. The molecule has 3 heteroatoms. The lowest BCUT2D eigenvalue weighted by atomic mass is 10.4. The minimum atomic E-state index is 1.04. The zero-order valence-electron chi connectivity index (χ0n) is 8.81. The second-order valence-electron chi connectivity index (χ2n) is 2.67. The number of hydrogen-bond acceptors (Lipinski definition) is 2. The topological polar surface area (TPSA) is 30.7 Å². The van der Waals surface area contributed by atoms with Crippen LogP contribution in [0.3, 0.4) is 0 Å². The van der Waals surface area contributed by atoms with Gasteiger partial charge in [0, 0.05) is 18.6 Å². The van der Waals surface area contributed by atoms with E-state index < -0.39 is 0 Å². The van der Waals surface area contributed by atoms with Gasteiger partial charge < -0.3 is 0 Å². The van der Waals surface area contributed by atoms with Crippen molar-refractivity contribution in [2.45, 2.75) is 20.8 Å². The second-order valence-corrected chi connectivity index (χ2v) is 2.67. The fraction of sp³-hybridized carbons (Fsp3) is 0.273. The molecule has 0 N–H and O–H groups in total. The van der Waals surface area contributed by atoms with Crippen molar-refractivity contribution in [1.82, 2.24) is 14.8 Å². The molecule has 0 aliphatic rings. The first kappa shape index (κ1) is 10.4. The Balaban J connectivity index is 0.000000461. The molecule has 0 unspecified atom stereocenters. The molecule has 0 aliphatic heterocycles. The first-order valence-corrected chi connectivity index (χ1v) is 4.78. The molecule has 0 atom stereocenters. The Morgan fingerprint density at radius 2 is 1.79 bits per heavy atom. The Morgan fingerprint density at radius 3 is 2.29 bits per heavy atom. The molecule has 0 fully saturated rings. The van der Waals surface area contributed by atoms with Crippen molar-refractivity contribution in [3.63, 3.8) is 0 Å². The molecule has 0 saturated carbocycles. The van der Waals surface area contributed by atoms with Gasteiger partial charge in [-0.05, 0) is 24.6 Å². The van der Waals surface area contributed by atoms with Gasteiger partial charge in [-0.3, -0.25) is 4.98 Å². The van der Waals surface area contributed by atoms with Crippen LogP contribution in [0, 0.1) is 6.92 Å². The number of nitrogens with zero attached hydrogens (tertiary/aromatic N) is 3. The largest absolute Gasteiger partial charge is 0.265 e. The molecular formula is C11H15N3. The third kappa shape index (κ3) is 2.42. The third-order valence-corrected chi connectivity index (χ3v) is 1.64. The average molecular weight is 189 g/mol. The first-order valence-electron chi connectivity index (χ1n) is 4.78. The number of hydrogen-bond donors (Lipinski definition) is 0. The van der Waals surface area contributed by atoms with Gasteiger partial charge >= 0.3 is 0 Å². The molecule has 0 aromatic carbocycles. The number of aryl methyl sites for hydroxylation is 1. The highest BCUT2D eigenvalue weighted by Gasteiger charge is 1.95. The van der Waals surface area contributed by atoms with Crippen LogP contribution in [0.4, 0.5) is 0 Å². The lowest BCUT2D eigenvalue weighted by Gasteiger charge is -1.97. The Morgan fingerprint density at radius 1 is 1.14 bits per heavy atom. The van der Waals surface area contributed by atoms with Crippen molar-refractivity contribution in [2.24, 2.45) is 0 Å². The van der Waals surface area contributed by atoms with Crippen molar-refractivity contribution in [1.29, 1.82) is 0 Å². The molecule has 0 amide bonds. The summed E-state index contributed by atoms with van der Waals surface area (Å²) in [4.78, 5) is 3.94. The zero-order chi connectivity index (χ0) is 10.4. The van der Waals surface area contributed by atoms with Gasteiger partial charge in [0.1, 0.15) is 0 Å². The van der Waals surface area contributed by atoms with Gasteiger partial charge in [-0.15, -0.1) is 0 Å². The summed E-state index contributed by atoms with van der Waals surface area (Å²) in [6.45, 7) is 6.02. The van der Waals surface area contributed by atoms with Gasteiger partial charge in [-0.2, -0.15) is 5.10 Å². The number of pyridine rings is 1. The maximum atomic E-state index is 4.17. The second kappa shape index (κ2) is 5.17. The highest BCUT2D eigenvalue weighted by Crippen LogP contribution is 2.04. The SMILES string of the molecule is CC.Cc1cnn(-c2ccncc2)c1. The molecule has 0 aliphatic carbocycles. The van der Waals surface area contributed by atoms with Crippen LogP contribution < -0.4 is 0 Å². The van der Waals surface area contributed by atoms with Crippen LogP contribution in [-0.4, -0.2) is 14.8 Å². The van der Waals surface area contributed by atoms with Crippen LogP contribution in [0.1, 0.15) is 19.4 Å². The van der Waals surface area contributed by atoms with E-state index in [2.05, 4.69) is 10.1 Å². The molecule has 74 valence electrons. The van der Waals surface area contributed by atoms with E-state index >= 15 is 0 Å². The van der Waals surface area contributed by atoms with Gasteiger partial charge in [-0.1, -0.05) is 13.8 Å². The van der Waals surface area contributed by atoms with Crippen LogP contribution in [-0.2, 0) is 0 Å². The monoisotopic (exact) mass is 189 g/mol. The smallest absolute Gasteiger partial charge is 0.0676 e. The average Bonchev–Trinajstić information content (AvgIpc) is 2.69. The third-order valence-electron chi connectivity index (χ3n) is 1.64. The lowest BCUT2D eigenvalue weighted by molar-refractivity contribution is 0.877. The Labute approximate surface area is 84.4 Å². The zero-order valence-corrected chi connectivity index (χ0v) is 8.81. The standard InChI is InChI=1S/C9H9N3.C2H6/c1-8-6-11-12(7-8)9-2-4-10-5-3-9;1-2/h2-7H,1H3;1-2H3. The van der Waals surface area contributed by atoms with Crippen molar-refractivity contribution in [2.75, 3.05) is 0 Å². The van der Waals surface area contributed by atoms with E-state index in [0.29, 0.717) is 0 Å². The van der Waals surface area contributed by atoms with Crippen molar-refractivity contribution < 1.29 is 0 Å². The summed E-state index contributed by atoms with van der Waals surface area (Å²) < 4.78 is 1.83. The normalized spacial score (nSPS) is 9.07. The summed E-state index contributed by atoms with van der Waals surface area (Å²) in [6.07, 6.45) is 7.33. The summed E-state index contributed by atoms with van der Waals surface area (Å²) >= 11 is 0. The molecule has 2 rings (SSSR count). The van der Waals surface area contributed by atoms with Crippen LogP contribution in [0.5, 0.6) is 0 Å². The lowest BCUT2D eigenvalue weighted by Crippen LogP contribution is -1.93. The Kier molecular flexibility index (Phi) is 3.85. The van der Waals surface area contributed by atoms with E-state index in [1.54, 1.807) is 12.4 Å². The fourth-order valence-electron chi connectivity index (χ4n) is 1.05. The molecule has 2 aromatic heterocycles. The molecule has 0 bridgehead atoms. The molecule has 14 heavy (non-hydrogen) atoms. The molecule has 3 nitrogen and oxygen atoms in total. The van der Waals surface area contributed by atoms with Gasteiger partial charge in [0.2, 0.25) is 0 Å². The summed E-state index contributed by atoms with van der Waals surface area (Å²) in [7, 11) is 0. The van der Waals surface area contributed by atoms with Crippen LogP contribution in [0.2, 0.25) is 0 Å². The molecule has 0 radical (unpaired) electrons. The maximum Gasteiger partial charge on any atom is 0.0676 e. The summed E-state index contributed by atoms with van der Waals surface area (Å²) in [5, 5.41) is 4.17. The van der Waals surface area contributed by atoms with Crippen LogP contribution in [0.15, 0.2) is 36.9 Å². The van der Waals surface area contributed by atoms with Crippen molar-refractivity contribution in [3.8, 4) is 5.69 Å². The predicted octanol–water partition coefficient (Wildman–Crippen LogP) is 2.60. The highest BCUT2D eigenvalue weighted by molar-refractivity contribution is 5.28. The number of rotatable bonds is 1. The van der Waals surface area contributed by atoms with E-state index in [4.69, 9.17) is 0 Å². The Hall–Kier alpha value is -1.64. The highest BCUT2D eigenvalue weighted by atomic mass is 15.3. The molecular weight excluding hydrogens is 174 g/mol. The van der Waals surface area contributed by atoms with Crippen LogP contribution in [0.25, 0.3) is 5.69 Å². The van der Waals surface area contributed by atoms with E-state index in [-0.39, 0.29) is 0 Å². The predicted molar refractivity (Wildman–Crippen MR) is 57.4 cm³/mol. The summed E-state index contributed by atoms with van der Waals surface area (Å²) in [6, 6.07) is 3.85. The van der Waals surface area contributed by atoms with E-state index in [1.807, 2.05) is 50.0 Å². The van der Waals surface area contributed by atoms with Gasteiger partial charge in [0.05, 0.1) is 11.9 Å². The van der Waals surface area contributed by atoms with Crippen molar-refractivity contribution in [3.05, 3.63) is 42.5 Å². The minimum absolute atomic E-state index is 1.04. The first-order chi connectivity index (χ1) is 6.86.